The van der Waals surface area contributed by atoms with E-state index in [1.807, 2.05) is 208 Å². The quantitative estimate of drug-likeness (QED) is 0.00550. The van der Waals surface area contributed by atoms with Gasteiger partial charge in [0.05, 0.1) is 46.4 Å². The minimum atomic E-state index is -1.08. The monoisotopic (exact) mass is 2110 g/mol. The molecule has 1 aliphatic heterocycles. The second-order valence-electron chi connectivity index (χ2n) is 34.9. The Morgan fingerprint density at radius 1 is 0.557 bits per heavy atom. The number of methoxy groups -OCH3 is 2. The van der Waals surface area contributed by atoms with E-state index >= 15 is 0 Å². The number of aromatic nitrogens is 2. The number of aliphatic hydroxyl groups excluding tert-OH is 2. The number of rotatable bonds is 31. The topological polar surface area (TPSA) is 554 Å². The van der Waals surface area contributed by atoms with Crippen molar-refractivity contribution in [2.45, 2.75) is 218 Å². The number of pyridine rings is 2. The minimum absolute atomic E-state index is 0. The number of alkyl carbamates (subject to hydrolysis) is 2. The van der Waals surface area contributed by atoms with Crippen LogP contribution in [0.3, 0.4) is 0 Å². The van der Waals surface area contributed by atoms with Crippen LogP contribution in [0.2, 0.25) is 0 Å². The number of benzene rings is 4. The summed E-state index contributed by atoms with van der Waals surface area (Å²) in [4.78, 5) is 165. The normalized spacial score (nSPS) is 13.7. The van der Waals surface area contributed by atoms with Crippen molar-refractivity contribution in [2.24, 2.45) is 44.5 Å². The van der Waals surface area contributed by atoms with E-state index in [4.69, 9.17) is 44.9 Å². The number of nitrogens with zero attached hydrogens (tertiary/aromatic N) is 5. The fourth-order valence-electron chi connectivity index (χ4n) is 11.9. The molecule has 40 heteroatoms. The molecule has 4 aromatic carbocycles. The van der Waals surface area contributed by atoms with Crippen LogP contribution < -0.4 is 78.4 Å². The Hall–Kier alpha value is -9.20. The summed E-state index contributed by atoms with van der Waals surface area (Å²) in [6.07, 6.45) is 2.85. The number of ether oxygens (including phenoxy) is 2. The molecular weight excluding hydrogens is 1970 g/mol. The molecule has 0 unspecified atom stereocenters. The molecule has 0 radical (unpaired) electrons. The number of aliphatic carboxylic acids is 2. The number of hydrazine groups is 2. The van der Waals surface area contributed by atoms with Crippen LogP contribution in [0.15, 0.2) is 158 Å². The zero-order valence-corrected chi connectivity index (χ0v) is 87.1. The number of carbonyl (C=O) groups excluding carboxylic acids is 11. The molecule has 6 aromatic rings. The van der Waals surface area contributed by atoms with E-state index in [9.17, 15) is 67.7 Å². The number of ketones is 1. The molecule has 131 heavy (non-hydrogen) atoms. The average molecular weight is 2110 g/mol. The van der Waals surface area contributed by atoms with Crippen LogP contribution in [0.1, 0.15) is 166 Å². The summed E-state index contributed by atoms with van der Waals surface area (Å²) in [7, 11) is 2.06. The predicted octanol–water partition coefficient (Wildman–Crippen LogP) is 4.26. The molecule has 0 spiro atoms. The Morgan fingerprint density at radius 3 is 1.18 bits per heavy atom. The fourth-order valence-corrected chi connectivity index (χ4v) is 11.9. The maximum absolute atomic E-state index is 13.8. The molecule has 720 valence electrons. The SMILES string of the molecule is CC(=O)N[C@H](C(=O)O)C(C)(C)C.CC(=O)ON1C(=O)CCC1=O.CC(C)(C)[C@@H](N)C(=O)O.COC(=O)N[C@@H](C(=O)NN(Cc1ccc(-c2ccccn2)cc1)C[C@H](O)[C@@H](CC(=O)[C@@H](NC(C)=O)C(C)(C)C)Cc1ccccc1)C(C)(C)C.COC(=O)N[C@@H](C(=O)NN(Cc1ccc(-c2ccccn2)cc1)C[C@H](O)[C@@H](N)Cc1ccccc1)C(C)(C)C.O.O=CO[O-].[2H]SC.[3H]P[3H].[Na+].[U]. The van der Waals surface area contributed by atoms with Crippen molar-refractivity contribution in [1.82, 2.24) is 57.2 Å². The third kappa shape index (κ3) is 51.0. The predicted molar refractivity (Wildman–Crippen MR) is 494 cm³/mol. The third-order valence-corrected chi connectivity index (χ3v) is 18.7. The molecule has 8 amide bonds. The largest absolute Gasteiger partial charge is 1.00 e. The van der Waals surface area contributed by atoms with Gasteiger partial charge in [0.2, 0.25) is 11.8 Å². The number of nitrogens with two attached hydrogens (primary N) is 2. The standard InChI is InChI=1S/C39H53N5O6.C30H39N5O4.C8H15NO3.C6H7NO4.C6H13NO2.CH2O3.CH4S.Na.H2O.H3P.U/c1-26(45)41-34(38(2,3)4)32(46)23-30(22-27-14-10-9-11-15-27)33(47)25-44(43-36(48)35(39(5,6)7)42-37(49)50-8)24-28-17-19-29(20-18-28)31-16-12-13-21-40-31;1-30(2,3)27(33-29(38)39-4)28(37)34-35(20-26(36)24(31)18-21-10-6-5-7-11-21)19-22-13-15-23(16-14-22)25-12-8-9-17-32-25;1-5(10)9-6(7(11)12)8(2,3)4;1-4(8)11-7-5(9)2-3-6(7)10;1-6(2,3)4(7)5(8)9;2-1-4-3;1-2;;;;/h9-21,30,33-35,47H,22-25H2,1-8H3,(H,41,45)(H,42,49)(H,43,48);5-17,24,26-27,36H,18-20,31H2,1-4H3,(H,33,38)(H,34,37);6H,1-4H3,(H,9,10)(H,11,12);2-3H2,1H3;4H,7H2,1-3H3,(H,8,9);1,3H;2H,1H3;;1H2;1H3;/q;;;;;;;+1;;;/p-1/t30-,33+,34-,35+;24-,26-,27-;6-;;4-;;;;;;/m101.0....../s1/i;;;;;;;;;1T2;/hD. The molecule has 0 bridgehead atoms. The van der Waals surface area contributed by atoms with Gasteiger partial charge in [-0.25, -0.2) is 29.2 Å². The number of carbonyl (C=O) groups is 13. The summed E-state index contributed by atoms with van der Waals surface area (Å²) in [5, 5.41) is 62.6. The summed E-state index contributed by atoms with van der Waals surface area (Å²) in [6.45, 7) is 31.6. The number of amides is 8. The molecule has 3 heterocycles. The maximum atomic E-state index is 13.8. The molecule has 0 saturated carbocycles. The van der Waals surface area contributed by atoms with Crippen LogP contribution in [0, 0.1) is 64.1 Å². The van der Waals surface area contributed by atoms with Gasteiger partial charge in [-0.1, -0.05) is 225 Å². The minimum Gasteiger partial charge on any atom is -0.662 e. The van der Waals surface area contributed by atoms with Crippen LogP contribution >= 0.6 is 22.3 Å². The number of carboxylic acids is 2. The van der Waals surface area contributed by atoms with E-state index in [0.717, 1.165) is 64.2 Å². The van der Waals surface area contributed by atoms with E-state index in [1.165, 1.54) is 28.1 Å². The van der Waals surface area contributed by atoms with Crippen molar-refractivity contribution in [3.63, 3.8) is 0 Å². The van der Waals surface area contributed by atoms with Crippen LogP contribution in [-0.2, 0) is 97.9 Å². The van der Waals surface area contributed by atoms with Gasteiger partial charge in [-0.05, 0) is 98.6 Å². The van der Waals surface area contributed by atoms with Crippen molar-refractivity contribution in [1.29, 1.82) is 3.68 Å². The van der Waals surface area contributed by atoms with E-state index in [-0.39, 0.29) is 135 Å². The van der Waals surface area contributed by atoms with E-state index in [0.29, 0.717) is 24.4 Å². The Morgan fingerprint density at radius 2 is 0.901 bits per heavy atom. The molecule has 2 aromatic heterocycles. The smallest absolute Gasteiger partial charge is 0.662 e. The molecule has 36 nitrogen and oxygen atoms in total. The number of imide groups is 1. The number of nitrogens with one attached hydrogen (secondary N) is 6. The number of Topliss-reactive ketones (excluding diaryl/α,β-unsaturated/α-hetero) is 1. The van der Waals surface area contributed by atoms with Crippen molar-refractivity contribution < 1.29 is 173 Å². The summed E-state index contributed by atoms with van der Waals surface area (Å²) < 4.78 is 27.4. The number of hydroxylamine groups is 2. The van der Waals surface area contributed by atoms with Gasteiger partial charge < -0.3 is 83.1 Å². The summed E-state index contributed by atoms with van der Waals surface area (Å²) in [5.74, 6) is -5.81. The van der Waals surface area contributed by atoms with Gasteiger partial charge in [0.15, 0.2) is 5.78 Å². The summed E-state index contributed by atoms with van der Waals surface area (Å²) in [5.41, 5.74) is 22.1. The van der Waals surface area contributed by atoms with Crippen molar-refractivity contribution in [3.8, 4) is 22.5 Å². The van der Waals surface area contributed by atoms with Gasteiger partial charge in [-0.15, -0.1) is 5.06 Å². The second-order valence-corrected chi connectivity index (χ2v) is 34.9. The van der Waals surface area contributed by atoms with Gasteiger partial charge >= 0.3 is 59.7 Å². The molecule has 1 aliphatic rings. The van der Waals surface area contributed by atoms with E-state index < -0.39 is 140 Å². The van der Waals surface area contributed by atoms with Crippen LogP contribution in [0.5, 0.6) is 0 Å². The zero-order chi connectivity index (χ0) is 100. The third-order valence-electron chi connectivity index (χ3n) is 18.7. The van der Waals surface area contributed by atoms with Crippen molar-refractivity contribution in [2.75, 3.05) is 33.6 Å². The van der Waals surface area contributed by atoms with Gasteiger partial charge in [0.1, 0.15) is 25.3 Å². The molecule has 1 fully saturated rings. The first-order valence-corrected chi connectivity index (χ1v) is 41.4. The molecular formula is C91H137N13NaO23PSU. The molecule has 9 atom stereocenters. The molecule has 0 aliphatic carbocycles. The zero-order valence-electron chi connectivity index (χ0n) is 82.1. The Bertz CT molecular complexity index is 4460. The van der Waals surface area contributed by atoms with E-state index in [1.54, 1.807) is 70.2 Å². The molecule has 16 N–H and O–H groups in total. The van der Waals surface area contributed by atoms with E-state index in [2.05, 4.69) is 51.8 Å². The maximum Gasteiger partial charge on any atom is 1.00 e. The molecule has 1 saturated heterocycles. The molecule has 7 rings (SSSR count). The first kappa shape index (κ1) is 122. The number of thiol groups is 1. The van der Waals surface area contributed by atoms with Gasteiger partial charge in [-0.3, -0.25) is 64.0 Å². The Labute approximate surface area is 827 Å². The van der Waals surface area contributed by atoms with Gasteiger partial charge in [0.25, 0.3) is 30.1 Å². The van der Waals surface area contributed by atoms with Gasteiger partial charge in [-0.2, -0.15) is 22.3 Å². The number of hydrogen-bond acceptors (Lipinski definition) is 27. The van der Waals surface area contributed by atoms with Crippen LogP contribution in [0.25, 0.3) is 22.5 Å². The number of hydrogen-bond donors (Lipinski definition) is 13. The average Bonchev–Trinajstić information content (AvgIpc) is 1.42. The number of carboxylic acid groups (broad SMARTS) is 2. The first-order chi connectivity index (χ1) is 61.0. The second kappa shape index (κ2) is 63.8. The first-order valence-electron chi connectivity index (χ1n) is 42.0. The number of aliphatic hydroxyl groups is 2. The summed E-state index contributed by atoms with van der Waals surface area (Å²) >= 11 is 1.000. The van der Waals surface area contributed by atoms with Crippen molar-refractivity contribution in [3.05, 3.63) is 180 Å². The van der Waals surface area contributed by atoms with Gasteiger partial charge in [0, 0.05) is 127 Å². The van der Waals surface area contributed by atoms with Crippen LogP contribution in [-0.4, -0.2) is 214 Å². The Balaban J connectivity index is -0.000000876. The van der Waals surface area contributed by atoms with Crippen molar-refractivity contribution >= 4 is 100 Å². The fraction of sp³-hybridized carbons (Fsp3) is 0.484. The Kier molecular flexibility index (Phi) is 59.4. The summed E-state index contributed by atoms with van der Waals surface area (Å²) in [6, 6.07) is 41.5. The van der Waals surface area contributed by atoms with Crippen LogP contribution in [0.4, 0.5) is 9.59 Å².